The molecule has 0 aliphatic carbocycles. The van der Waals surface area contributed by atoms with Crippen LogP contribution in [0.15, 0.2) is 18.2 Å². The summed E-state index contributed by atoms with van der Waals surface area (Å²) in [5, 5.41) is 2.85. The number of sulfonamides is 1. The fourth-order valence-electron chi connectivity index (χ4n) is 2.85. The van der Waals surface area contributed by atoms with E-state index >= 15 is 0 Å². The largest absolute Gasteiger partial charge is 0.356 e. The average molecular weight is 383 g/mol. The van der Waals surface area contributed by atoms with Crippen molar-refractivity contribution in [1.29, 1.82) is 0 Å². The van der Waals surface area contributed by atoms with E-state index in [4.69, 9.17) is 0 Å². The van der Waals surface area contributed by atoms with Crippen LogP contribution in [0.2, 0.25) is 0 Å². The molecule has 6 heteroatoms. The van der Waals surface area contributed by atoms with E-state index in [1.165, 1.54) is 10.6 Å². The van der Waals surface area contributed by atoms with E-state index in [0.29, 0.717) is 12.5 Å². The van der Waals surface area contributed by atoms with Crippen LogP contribution >= 0.6 is 0 Å². The molecule has 0 atom stereocenters. The maximum Gasteiger partial charge on any atom is 0.232 e. The van der Waals surface area contributed by atoms with Crippen molar-refractivity contribution in [3.05, 3.63) is 29.3 Å². The van der Waals surface area contributed by atoms with Gasteiger partial charge in [-0.3, -0.25) is 9.10 Å². The number of anilines is 1. The van der Waals surface area contributed by atoms with E-state index < -0.39 is 10.0 Å². The fraction of sp³-hybridized carbons (Fsp3) is 0.650. The zero-order valence-electron chi connectivity index (χ0n) is 17.2. The van der Waals surface area contributed by atoms with Gasteiger partial charge in [0.2, 0.25) is 15.9 Å². The lowest BCUT2D eigenvalue weighted by Gasteiger charge is -2.30. The first kappa shape index (κ1) is 22.5. The van der Waals surface area contributed by atoms with E-state index in [-0.39, 0.29) is 30.7 Å². The lowest BCUT2D eigenvalue weighted by atomic mass is 9.92. The Kier molecular flexibility index (Phi) is 8.13. The zero-order chi connectivity index (χ0) is 20.1. The van der Waals surface area contributed by atoms with Gasteiger partial charge >= 0.3 is 0 Å². The Hall–Kier alpha value is -1.56. The Labute approximate surface area is 159 Å². The molecule has 0 fully saturated rings. The third kappa shape index (κ3) is 6.31. The van der Waals surface area contributed by atoms with Crippen molar-refractivity contribution in [2.75, 3.05) is 23.7 Å². The molecule has 0 radical (unpaired) electrons. The summed E-state index contributed by atoms with van der Waals surface area (Å²) in [5.41, 5.74) is 2.71. The molecule has 0 aromatic heterocycles. The number of para-hydroxylation sites is 1. The Morgan fingerprint density at radius 3 is 1.92 bits per heavy atom. The first-order valence-electron chi connectivity index (χ1n) is 9.32. The van der Waals surface area contributed by atoms with Crippen LogP contribution < -0.4 is 9.62 Å². The second-order valence-electron chi connectivity index (χ2n) is 7.88. The number of carbonyl (C=O) groups is 1. The molecule has 1 rings (SSSR count). The monoisotopic (exact) mass is 382 g/mol. The fourth-order valence-corrected chi connectivity index (χ4v) is 3.82. The third-order valence-electron chi connectivity index (χ3n) is 4.24. The third-order valence-corrected chi connectivity index (χ3v) is 5.41. The van der Waals surface area contributed by atoms with Gasteiger partial charge < -0.3 is 5.32 Å². The van der Waals surface area contributed by atoms with E-state index in [2.05, 4.69) is 33.0 Å². The van der Waals surface area contributed by atoms with Gasteiger partial charge in [-0.15, -0.1) is 0 Å². The lowest BCUT2D eigenvalue weighted by molar-refractivity contribution is -0.121. The van der Waals surface area contributed by atoms with Crippen LogP contribution in [-0.2, 0) is 14.8 Å². The number of rotatable bonds is 9. The molecule has 0 unspecified atom stereocenters. The highest BCUT2D eigenvalue weighted by molar-refractivity contribution is 7.92. The van der Waals surface area contributed by atoms with Crippen LogP contribution in [0.4, 0.5) is 5.69 Å². The minimum Gasteiger partial charge on any atom is -0.356 e. The van der Waals surface area contributed by atoms with E-state index in [1.807, 2.05) is 32.0 Å². The van der Waals surface area contributed by atoms with Crippen molar-refractivity contribution in [3.8, 4) is 0 Å². The van der Waals surface area contributed by atoms with Crippen molar-refractivity contribution < 1.29 is 13.2 Å². The van der Waals surface area contributed by atoms with Crippen LogP contribution in [-0.4, -0.2) is 33.7 Å². The minimum absolute atomic E-state index is 0.125. The summed E-state index contributed by atoms with van der Waals surface area (Å²) in [6.07, 6.45) is 1.35. The van der Waals surface area contributed by atoms with Crippen molar-refractivity contribution in [2.24, 2.45) is 5.92 Å². The number of benzene rings is 1. The zero-order valence-corrected chi connectivity index (χ0v) is 18.0. The van der Waals surface area contributed by atoms with Crippen molar-refractivity contribution in [3.63, 3.8) is 0 Å². The number of carbonyl (C=O) groups excluding carboxylic acids is 1. The predicted molar refractivity (Wildman–Crippen MR) is 109 cm³/mol. The second-order valence-corrected chi connectivity index (χ2v) is 9.78. The number of nitrogens with one attached hydrogen (secondary N) is 1. The van der Waals surface area contributed by atoms with Gasteiger partial charge in [-0.05, 0) is 28.9 Å². The van der Waals surface area contributed by atoms with Gasteiger partial charge in [0.05, 0.1) is 11.9 Å². The molecule has 0 heterocycles. The Bertz CT molecular complexity index is 684. The van der Waals surface area contributed by atoms with Crippen molar-refractivity contribution in [2.45, 2.75) is 59.8 Å². The summed E-state index contributed by atoms with van der Waals surface area (Å²) in [5.74, 6) is 0.602. The molecular weight excluding hydrogens is 348 g/mol. The Morgan fingerprint density at radius 2 is 1.54 bits per heavy atom. The maximum absolute atomic E-state index is 12.6. The van der Waals surface area contributed by atoms with E-state index in [0.717, 1.165) is 16.8 Å². The van der Waals surface area contributed by atoms with Crippen molar-refractivity contribution in [1.82, 2.24) is 5.32 Å². The van der Waals surface area contributed by atoms with Gasteiger partial charge in [-0.25, -0.2) is 8.42 Å². The molecule has 26 heavy (non-hydrogen) atoms. The molecule has 148 valence electrons. The Balaban J connectivity index is 3.24. The molecule has 0 aliphatic rings. The molecule has 1 aromatic carbocycles. The van der Waals surface area contributed by atoms with E-state index in [1.54, 1.807) is 0 Å². The summed E-state index contributed by atoms with van der Waals surface area (Å²) in [4.78, 5) is 12.1. The highest BCUT2D eigenvalue weighted by Gasteiger charge is 2.26. The molecule has 0 aliphatic heterocycles. The molecule has 0 bridgehead atoms. The topological polar surface area (TPSA) is 66.5 Å². The molecule has 1 aromatic rings. The highest BCUT2D eigenvalue weighted by Crippen LogP contribution is 2.36. The van der Waals surface area contributed by atoms with Gasteiger partial charge in [-0.2, -0.15) is 0 Å². The summed E-state index contributed by atoms with van der Waals surface area (Å²) in [7, 11) is -3.50. The highest BCUT2D eigenvalue weighted by atomic mass is 32.2. The van der Waals surface area contributed by atoms with Crippen LogP contribution in [0, 0.1) is 5.92 Å². The predicted octanol–water partition coefficient (Wildman–Crippen LogP) is 3.86. The molecule has 0 saturated carbocycles. The van der Waals surface area contributed by atoms with Crippen LogP contribution in [0.1, 0.15) is 70.9 Å². The number of hydrogen-bond acceptors (Lipinski definition) is 3. The normalized spacial score (nSPS) is 12.1. The lowest BCUT2D eigenvalue weighted by Crippen LogP contribution is -2.36. The van der Waals surface area contributed by atoms with Crippen molar-refractivity contribution >= 4 is 21.6 Å². The molecule has 5 nitrogen and oxygen atoms in total. The molecule has 1 amide bonds. The Morgan fingerprint density at radius 1 is 1.04 bits per heavy atom. The van der Waals surface area contributed by atoms with Crippen LogP contribution in [0.5, 0.6) is 0 Å². The van der Waals surface area contributed by atoms with Gasteiger partial charge in [0, 0.05) is 19.5 Å². The van der Waals surface area contributed by atoms with E-state index in [9.17, 15) is 13.2 Å². The number of hydrogen-bond donors (Lipinski definition) is 1. The quantitative estimate of drug-likeness (QED) is 0.705. The molecule has 0 spiro atoms. The smallest absolute Gasteiger partial charge is 0.232 e. The maximum atomic E-state index is 12.6. The molecule has 0 saturated heterocycles. The molecule has 1 N–H and O–H groups in total. The first-order valence-corrected chi connectivity index (χ1v) is 11.2. The minimum atomic E-state index is -3.50. The summed E-state index contributed by atoms with van der Waals surface area (Å²) < 4.78 is 26.5. The number of amides is 1. The summed E-state index contributed by atoms with van der Waals surface area (Å²) in [6, 6.07) is 5.93. The van der Waals surface area contributed by atoms with Crippen LogP contribution in [0.25, 0.3) is 0 Å². The van der Waals surface area contributed by atoms with Crippen LogP contribution in [0.3, 0.4) is 0 Å². The molecular formula is C20H34N2O3S. The van der Waals surface area contributed by atoms with Gasteiger partial charge in [-0.1, -0.05) is 59.7 Å². The summed E-state index contributed by atoms with van der Waals surface area (Å²) >= 11 is 0. The van der Waals surface area contributed by atoms with Gasteiger partial charge in [0.1, 0.15) is 0 Å². The van der Waals surface area contributed by atoms with Gasteiger partial charge in [0.15, 0.2) is 0 Å². The second kappa shape index (κ2) is 9.40. The first-order chi connectivity index (χ1) is 11.9. The standard InChI is InChI=1S/C20H34N2O3S/c1-14(2)13-21-19(23)11-12-22(26(7,24)25)20-17(15(3)4)9-8-10-18(20)16(5)6/h8-10,14-16H,11-13H2,1-7H3,(H,21,23). The summed E-state index contributed by atoms with van der Waals surface area (Å²) in [6.45, 7) is 13.0. The average Bonchev–Trinajstić information content (AvgIpc) is 2.51. The van der Waals surface area contributed by atoms with Gasteiger partial charge in [0.25, 0.3) is 0 Å². The number of nitrogens with zero attached hydrogens (tertiary/aromatic N) is 1. The SMILES string of the molecule is CC(C)CNC(=O)CCN(c1c(C(C)C)cccc1C(C)C)S(C)(=O)=O.